The van der Waals surface area contributed by atoms with Crippen molar-refractivity contribution in [2.45, 2.75) is 6.42 Å². The van der Waals surface area contributed by atoms with E-state index in [4.69, 9.17) is 16.3 Å². The highest BCUT2D eigenvalue weighted by molar-refractivity contribution is 6.31. The van der Waals surface area contributed by atoms with Crippen LogP contribution >= 0.6 is 11.6 Å². The second-order valence-corrected chi connectivity index (χ2v) is 6.05. The molecular formula is C17H15ClN2O4. The Kier molecular flexibility index (Phi) is 4.66. The summed E-state index contributed by atoms with van der Waals surface area (Å²) in [6.45, 7) is 0.867. The van der Waals surface area contributed by atoms with Gasteiger partial charge in [0.05, 0.1) is 11.5 Å². The van der Waals surface area contributed by atoms with Crippen molar-refractivity contribution in [1.29, 1.82) is 0 Å². The Morgan fingerprint density at radius 2 is 2.12 bits per heavy atom. The zero-order chi connectivity index (χ0) is 17.1. The Balaban J connectivity index is 1.67. The van der Waals surface area contributed by atoms with Crippen LogP contribution in [0.5, 0.6) is 5.75 Å². The fourth-order valence-electron chi connectivity index (χ4n) is 2.70. The molecule has 0 bridgehead atoms. The third kappa shape index (κ3) is 3.49. The third-order valence-corrected chi connectivity index (χ3v) is 4.14. The van der Waals surface area contributed by atoms with Crippen molar-refractivity contribution in [3.8, 4) is 5.75 Å². The number of para-hydroxylation sites is 1. The van der Waals surface area contributed by atoms with E-state index in [1.807, 2.05) is 24.3 Å². The van der Waals surface area contributed by atoms with Crippen molar-refractivity contribution < 1.29 is 14.5 Å². The normalized spacial score (nSPS) is 16.0. The minimum absolute atomic E-state index is 0.0374. The van der Waals surface area contributed by atoms with Crippen LogP contribution in [0.4, 0.5) is 5.69 Å². The average molecular weight is 347 g/mol. The molecule has 1 atom stereocenters. The maximum absolute atomic E-state index is 12.3. The molecule has 0 fully saturated rings. The standard InChI is InChI=1S/C17H15ClN2O4/c18-13-5-6-15(20(22)23)14(8-13)17(21)19-9-11-7-12-3-1-2-4-16(12)24-10-11/h1-6,8,11H,7,9-10H2,(H,19,21). The first-order valence-corrected chi connectivity index (χ1v) is 7.85. The topological polar surface area (TPSA) is 81.5 Å². The van der Waals surface area contributed by atoms with Gasteiger partial charge in [0.15, 0.2) is 0 Å². The Morgan fingerprint density at radius 1 is 1.33 bits per heavy atom. The lowest BCUT2D eigenvalue weighted by molar-refractivity contribution is -0.385. The van der Waals surface area contributed by atoms with Gasteiger partial charge in [-0.1, -0.05) is 29.8 Å². The van der Waals surface area contributed by atoms with E-state index in [0.29, 0.717) is 13.2 Å². The van der Waals surface area contributed by atoms with Crippen LogP contribution in [0.2, 0.25) is 5.02 Å². The highest BCUT2D eigenvalue weighted by Gasteiger charge is 2.23. The number of nitrogens with one attached hydrogen (secondary N) is 1. The lowest BCUT2D eigenvalue weighted by atomic mass is 9.96. The van der Waals surface area contributed by atoms with Crippen molar-refractivity contribution in [3.05, 3.63) is 68.7 Å². The van der Waals surface area contributed by atoms with E-state index < -0.39 is 10.8 Å². The van der Waals surface area contributed by atoms with Gasteiger partial charge < -0.3 is 10.1 Å². The molecule has 1 aliphatic heterocycles. The monoisotopic (exact) mass is 346 g/mol. The van der Waals surface area contributed by atoms with Gasteiger partial charge in [0, 0.05) is 23.6 Å². The van der Waals surface area contributed by atoms with Crippen molar-refractivity contribution in [3.63, 3.8) is 0 Å². The summed E-state index contributed by atoms with van der Waals surface area (Å²) in [5.41, 5.74) is 0.795. The molecule has 6 nitrogen and oxygen atoms in total. The summed E-state index contributed by atoms with van der Waals surface area (Å²) in [7, 11) is 0. The minimum Gasteiger partial charge on any atom is -0.493 e. The van der Waals surface area contributed by atoms with Crippen molar-refractivity contribution in [1.82, 2.24) is 5.32 Å². The SMILES string of the molecule is O=C(NCC1COc2ccccc2C1)c1cc(Cl)ccc1[N+](=O)[O-]. The number of carbonyl (C=O) groups is 1. The first kappa shape index (κ1) is 16.3. The van der Waals surface area contributed by atoms with E-state index in [0.717, 1.165) is 17.7 Å². The highest BCUT2D eigenvalue weighted by atomic mass is 35.5. The van der Waals surface area contributed by atoms with E-state index in [2.05, 4.69) is 5.32 Å². The molecule has 0 saturated carbocycles. The lowest BCUT2D eigenvalue weighted by Gasteiger charge is -2.25. The number of amides is 1. The van der Waals surface area contributed by atoms with Crippen molar-refractivity contribution in [2.24, 2.45) is 5.92 Å². The number of halogens is 1. The van der Waals surface area contributed by atoms with Gasteiger partial charge in [-0.05, 0) is 30.2 Å². The second kappa shape index (κ2) is 6.88. The van der Waals surface area contributed by atoms with Crippen LogP contribution in [0, 0.1) is 16.0 Å². The van der Waals surface area contributed by atoms with Gasteiger partial charge in [0.1, 0.15) is 11.3 Å². The molecule has 0 radical (unpaired) electrons. The lowest BCUT2D eigenvalue weighted by Crippen LogP contribution is -2.35. The number of nitrogens with zero attached hydrogens (tertiary/aromatic N) is 1. The number of nitro benzene ring substituents is 1. The Labute approximate surface area is 143 Å². The van der Waals surface area contributed by atoms with Crippen LogP contribution in [0.25, 0.3) is 0 Å². The molecule has 3 rings (SSSR count). The largest absolute Gasteiger partial charge is 0.493 e. The molecule has 2 aromatic carbocycles. The fraction of sp³-hybridized carbons (Fsp3) is 0.235. The van der Waals surface area contributed by atoms with Crippen LogP contribution in [-0.2, 0) is 6.42 Å². The molecule has 124 valence electrons. The van der Waals surface area contributed by atoms with Gasteiger partial charge in [-0.3, -0.25) is 14.9 Å². The van der Waals surface area contributed by atoms with Gasteiger partial charge >= 0.3 is 0 Å². The summed E-state index contributed by atoms with van der Waals surface area (Å²) < 4.78 is 5.67. The molecule has 1 amide bonds. The Morgan fingerprint density at radius 3 is 2.92 bits per heavy atom. The first-order chi connectivity index (χ1) is 11.5. The number of nitro groups is 1. The van der Waals surface area contributed by atoms with Gasteiger partial charge in [0.2, 0.25) is 0 Å². The van der Waals surface area contributed by atoms with Crippen LogP contribution < -0.4 is 10.1 Å². The molecule has 2 aromatic rings. The predicted octanol–water partition coefficient (Wildman–Crippen LogP) is 3.23. The van der Waals surface area contributed by atoms with E-state index in [-0.39, 0.29) is 22.2 Å². The molecule has 1 N–H and O–H groups in total. The van der Waals surface area contributed by atoms with Crippen LogP contribution in [0.3, 0.4) is 0 Å². The van der Waals surface area contributed by atoms with Crippen LogP contribution in [0.1, 0.15) is 15.9 Å². The van der Waals surface area contributed by atoms with Gasteiger partial charge in [-0.2, -0.15) is 0 Å². The number of fused-ring (bicyclic) bond motifs is 1. The Hall–Kier alpha value is -2.60. The summed E-state index contributed by atoms with van der Waals surface area (Å²) >= 11 is 5.85. The minimum atomic E-state index is -0.592. The maximum atomic E-state index is 12.3. The zero-order valence-corrected chi connectivity index (χ0v) is 13.5. The molecule has 1 aliphatic rings. The number of hydrogen-bond donors (Lipinski definition) is 1. The second-order valence-electron chi connectivity index (χ2n) is 5.62. The fourth-order valence-corrected chi connectivity index (χ4v) is 2.88. The van der Waals surface area contributed by atoms with Gasteiger partial charge in [-0.25, -0.2) is 0 Å². The number of hydrogen-bond acceptors (Lipinski definition) is 4. The molecule has 0 aliphatic carbocycles. The summed E-state index contributed by atoms with van der Waals surface area (Å²) in [4.78, 5) is 22.7. The number of carbonyl (C=O) groups excluding carboxylic acids is 1. The maximum Gasteiger partial charge on any atom is 0.282 e. The van der Waals surface area contributed by atoms with Gasteiger partial charge in [-0.15, -0.1) is 0 Å². The molecule has 0 saturated heterocycles. The quantitative estimate of drug-likeness (QED) is 0.680. The molecule has 0 spiro atoms. The number of rotatable bonds is 4. The van der Waals surface area contributed by atoms with E-state index in [1.54, 1.807) is 0 Å². The van der Waals surface area contributed by atoms with Crippen LogP contribution in [-0.4, -0.2) is 24.0 Å². The summed E-state index contributed by atoms with van der Waals surface area (Å²) in [6, 6.07) is 11.7. The molecule has 1 heterocycles. The molecule has 7 heteroatoms. The smallest absolute Gasteiger partial charge is 0.282 e. The first-order valence-electron chi connectivity index (χ1n) is 7.47. The molecular weight excluding hydrogens is 332 g/mol. The zero-order valence-electron chi connectivity index (χ0n) is 12.7. The summed E-state index contributed by atoms with van der Waals surface area (Å²) in [5.74, 6) is 0.468. The molecule has 24 heavy (non-hydrogen) atoms. The van der Waals surface area contributed by atoms with Gasteiger partial charge in [0.25, 0.3) is 11.6 Å². The number of benzene rings is 2. The third-order valence-electron chi connectivity index (χ3n) is 3.91. The van der Waals surface area contributed by atoms with Crippen LogP contribution in [0.15, 0.2) is 42.5 Å². The van der Waals surface area contributed by atoms with E-state index in [1.165, 1.54) is 18.2 Å². The Bertz CT molecular complexity index is 794. The molecule has 0 aromatic heterocycles. The highest BCUT2D eigenvalue weighted by Crippen LogP contribution is 2.27. The van der Waals surface area contributed by atoms with E-state index >= 15 is 0 Å². The summed E-state index contributed by atoms with van der Waals surface area (Å²) in [6.07, 6.45) is 0.786. The van der Waals surface area contributed by atoms with E-state index in [9.17, 15) is 14.9 Å². The molecule has 1 unspecified atom stereocenters. The number of ether oxygens (including phenoxy) is 1. The van der Waals surface area contributed by atoms with Crippen molar-refractivity contribution >= 4 is 23.2 Å². The average Bonchev–Trinajstić information content (AvgIpc) is 2.59. The predicted molar refractivity (Wildman–Crippen MR) is 89.6 cm³/mol. The summed E-state index contributed by atoms with van der Waals surface area (Å²) in [5, 5.41) is 14.1. The van der Waals surface area contributed by atoms with Crippen molar-refractivity contribution in [2.75, 3.05) is 13.2 Å².